The van der Waals surface area contributed by atoms with Crippen LogP contribution in [0, 0.1) is 0 Å². The predicted molar refractivity (Wildman–Crippen MR) is 78.4 cm³/mol. The third-order valence-electron chi connectivity index (χ3n) is 3.83. The molecule has 0 aliphatic carbocycles. The number of carbonyl (C=O) groups excluding carboxylic acids is 1. The van der Waals surface area contributed by atoms with Crippen molar-refractivity contribution in [2.75, 3.05) is 6.54 Å². The van der Waals surface area contributed by atoms with Crippen molar-refractivity contribution in [3.05, 3.63) is 17.5 Å². The van der Waals surface area contributed by atoms with E-state index < -0.39 is 22.5 Å². The van der Waals surface area contributed by atoms with Gasteiger partial charge < -0.3 is 20.9 Å². The number of aromatic nitrogens is 1. The van der Waals surface area contributed by atoms with E-state index in [0.29, 0.717) is 29.4 Å². The van der Waals surface area contributed by atoms with Crippen molar-refractivity contribution < 1.29 is 26.6 Å². The molecule has 24 heavy (non-hydrogen) atoms. The largest absolute Gasteiger partial charge is 0.418 e. The van der Waals surface area contributed by atoms with Crippen LogP contribution >= 0.6 is 0 Å². The van der Waals surface area contributed by atoms with Gasteiger partial charge in [0.25, 0.3) is 0 Å². The second kappa shape index (κ2) is 5.92. The Kier molecular flexibility index (Phi) is 4.06. The molecule has 0 spiro atoms. The van der Waals surface area contributed by atoms with Gasteiger partial charge in [-0.15, -0.1) is 4.28 Å². The number of guanidine groups is 1. The Morgan fingerprint density at radius 2 is 2.25 bits per heavy atom. The first-order valence-electron chi connectivity index (χ1n) is 7.02. The molecule has 132 valence electrons. The number of carbonyl (C=O) groups is 1. The molecule has 3 heterocycles. The van der Waals surface area contributed by atoms with Crippen LogP contribution in [0.3, 0.4) is 0 Å². The Hall–Kier alpha value is -2.38. The standard InChI is InChI=1S/C11H16N6O6S/c12-10(13)14-4-7-3-8(15-22-7)9-2-1-6-5-16(9)11(18)17(6)23-24(19,20)21/h3,6,9H,1-2,4-5H2,(H4,12,13,14)(H,19,20,21)/t6-,9-/m1/s1. The lowest BCUT2D eigenvalue weighted by Crippen LogP contribution is -2.35. The zero-order valence-corrected chi connectivity index (χ0v) is 13.2. The smallest absolute Gasteiger partial charge is 0.370 e. The molecule has 1 aromatic rings. The van der Waals surface area contributed by atoms with Gasteiger partial charge in [-0.2, -0.15) is 13.5 Å². The first-order chi connectivity index (χ1) is 11.2. The van der Waals surface area contributed by atoms with Crippen molar-refractivity contribution in [1.29, 1.82) is 0 Å². The summed E-state index contributed by atoms with van der Waals surface area (Å²) in [4.78, 5) is 17.5. The molecule has 12 nitrogen and oxygen atoms in total. The van der Waals surface area contributed by atoms with E-state index in [-0.39, 0.29) is 25.1 Å². The monoisotopic (exact) mass is 360 g/mol. The minimum Gasteiger partial charge on any atom is -0.370 e. The van der Waals surface area contributed by atoms with Gasteiger partial charge in [0.05, 0.1) is 12.1 Å². The maximum absolute atomic E-state index is 12.3. The van der Waals surface area contributed by atoms with E-state index in [2.05, 4.69) is 14.4 Å². The van der Waals surface area contributed by atoms with Gasteiger partial charge in [0.1, 0.15) is 12.2 Å². The van der Waals surface area contributed by atoms with Crippen molar-refractivity contribution in [1.82, 2.24) is 15.1 Å². The minimum absolute atomic E-state index is 0.0822. The fourth-order valence-electron chi connectivity index (χ4n) is 2.87. The van der Waals surface area contributed by atoms with Gasteiger partial charge in [-0.05, 0) is 12.8 Å². The summed E-state index contributed by atoms with van der Waals surface area (Å²) in [6.45, 7) is 0.381. The zero-order chi connectivity index (χ0) is 17.5. The lowest BCUT2D eigenvalue weighted by Gasteiger charge is -2.28. The molecule has 2 aliphatic heterocycles. The van der Waals surface area contributed by atoms with Crippen LogP contribution in [0.1, 0.15) is 30.3 Å². The van der Waals surface area contributed by atoms with Crippen LogP contribution in [0.2, 0.25) is 0 Å². The van der Waals surface area contributed by atoms with Gasteiger partial charge in [0, 0.05) is 12.6 Å². The second-order valence-electron chi connectivity index (χ2n) is 5.47. The number of hydroxylamine groups is 2. The van der Waals surface area contributed by atoms with Crippen LogP contribution in [-0.2, 0) is 21.2 Å². The molecule has 2 saturated heterocycles. The van der Waals surface area contributed by atoms with Crippen LogP contribution < -0.4 is 11.5 Å². The number of nitrogens with zero attached hydrogens (tertiary/aromatic N) is 4. The number of hydrogen-bond acceptors (Lipinski definition) is 7. The van der Waals surface area contributed by atoms with Crippen molar-refractivity contribution in [2.24, 2.45) is 16.5 Å². The Bertz CT molecular complexity index is 772. The SMILES string of the molecule is NC(N)=NCc1cc([C@H]2CC[C@@H]3CN2C(=O)N3OS(=O)(=O)O)no1. The van der Waals surface area contributed by atoms with Crippen LogP contribution in [0.25, 0.3) is 0 Å². The number of hydrogen-bond donors (Lipinski definition) is 3. The summed E-state index contributed by atoms with van der Waals surface area (Å²) >= 11 is 0. The third kappa shape index (κ3) is 3.27. The maximum Gasteiger partial charge on any atom is 0.418 e. The van der Waals surface area contributed by atoms with Crippen molar-refractivity contribution in [2.45, 2.75) is 31.5 Å². The first-order valence-corrected chi connectivity index (χ1v) is 8.39. The topological polar surface area (TPSA) is 178 Å². The predicted octanol–water partition coefficient (Wildman–Crippen LogP) is -0.876. The first kappa shape index (κ1) is 16.5. The highest BCUT2D eigenvalue weighted by atomic mass is 32.3. The van der Waals surface area contributed by atoms with Gasteiger partial charge in [-0.1, -0.05) is 5.16 Å². The zero-order valence-electron chi connectivity index (χ0n) is 12.4. The van der Waals surface area contributed by atoms with Gasteiger partial charge in [-0.25, -0.2) is 9.79 Å². The number of amides is 2. The number of urea groups is 1. The van der Waals surface area contributed by atoms with Crippen LogP contribution in [0.4, 0.5) is 4.79 Å². The number of aliphatic imine (C=N–C) groups is 1. The molecule has 2 bridgehead atoms. The Balaban J connectivity index is 1.76. The van der Waals surface area contributed by atoms with Crippen molar-refractivity contribution >= 4 is 22.4 Å². The minimum atomic E-state index is -4.77. The summed E-state index contributed by atoms with van der Waals surface area (Å²) in [6, 6.07) is 0.134. The number of piperidine rings is 1. The van der Waals surface area contributed by atoms with E-state index >= 15 is 0 Å². The number of nitrogens with two attached hydrogens (primary N) is 2. The molecule has 2 aliphatic rings. The highest BCUT2D eigenvalue weighted by Gasteiger charge is 2.48. The Morgan fingerprint density at radius 1 is 1.50 bits per heavy atom. The normalized spacial score (nSPS) is 23.6. The third-order valence-corrected chi connectivity index (χ3v) is 4.18. The molecular weight excluding hydrogens is 344 g/mol. The Morgan fingerprint density at radius 3 is 2.92 bits per heavy atom. The van der Waals surface area contributed by atoms with Gasteiger partial charge in [-0.3, -0.25) is 4.55 Å². The maximum atomic E-state index is 12.3. The van der Waals surface area contributed by atoms with E-state index in [9.17, 15) is 13.2 Å². The number of rotatable bonds is 5. The van der Waals surface area contributed by atoms with Crippen LogP contribution in [0.15, 0.2) is 15.6 Å². The molecule has 2 atom stereocenters. The lowest BCUT2D eigenvalue weighted by atomic mass is 9.98. The van der Waals surface area contributed by atoms with E-state index in [1.54, 1.807) is 6.07 Å². The lowest BCUT2D eigenvalue weighted by molar-refractivity contribution is -0.0317. The van der Waals surface area contributed by atoms with Gasteiger partial charge in [0.15, 0.2) is 11.7 Å². The fourth-order valence-corrected chi connectivity index (χ4v) is 3.26. The molecule has 0 saturated carbocycles. The number of fused-ring (bicyclic) bond motifs is 2. The summed E-state index contributed by atoms with van der Waals surface area (Å²) < 4.78 is 40.0. The molecule has 1 aromatic heterocycles. The van der Waals surface area contributed by atoms with Gasteiger partial charge in [0.2, 0.25) is 0 Å². The van der Waals surface area contributed by atoms with Crippen LogP contribution in [-0.4, -0.2) is 52.7 Å². The molecular formula is C11H16N6O6S. The van der Waals surface area contributed by atoms with E-state index in [4.69, 9.17) is 20.5 Å². The van der Waals surface area contributed by atoms with E-state index in [0.717, 1.165) is 0 Å². The van der Waals surface area contributed by atoms with Crippen molar-refractivity contribution in [3.8, 4) is 0 Å². The van der Waals surface area contributed by atoms with Crippen molar-refractivity contribution in [3.63, 3.8) is 0 Å². The highest BCUT2D eigenvalue weighted by Crippen LogP contribution is 2.38. The molecule has 5 N–H and O–H groups in total. The quantitative estimate of drug-likeness (QED) is 0.342. The average molecular weight is 360 g/mol. The summed E-state index contributed by atoms with van der Waals surface area (Å²) in [6.07, 6.45) is 1.02. The molecule has 0 unspecified atom stereocenters. The molecule has 3 rings (SSSR count). The summed E-state index contributed by atoms with van der Waals surface area (Å²) in [5.74, 6) is 0.347. The van der Waals surface area contributed by atoms with Crippen LogP contribution in [0.5, 0.6) is 0 Å². The molecule has 13 heteroatoms. The second-order valence-corrected chi connectivity index (χ2v) is 6.47. The fraction of sp³-hybridized carbons (Fsp3) is 0.545. The summed E-state index contributed by atoms with van der Waals surface area (Å²) in [5, 5.41) is 4.60. The highest BCUT2D eigenvalue weighted by molar-refractivity contribution is 7.80. The van der Waals surface area contributed by atoms with E-state index in [1.807, 2.05) is 0 Å². The molecule has 0 radical (unpaired) electrons. The molecule has 0 aromatic carbocycles. The van der Waals surface area contributed by atoms with E-state index in [1.165, 1.54) is 4.90 Å². The molecule has 2 amide bonds. The average Bonchev–Trinajstić information content (AvgIpc) is 3.04. The Labute approximate surface area is 136 Å². The summed E-state index contributed by atoms with van der Waals surface area (Å²) in [7, 11) is -4.77. The summed E-state index contributed by atoms with van der Waals surface area (Å²) in [5.41, 5.74) is 11.0. The van der Waals surface area contributed by atoms with Gasteiger partial charge >= 0.3 is 16.4 Å². The molecule has 2 fully saturated rings.